The van der Waals surface area contributed by atoms with E-state index in [1.807, 2.05) is 80.6 Å². The predicted octanol–water partition coefficient (Wildman–Crippen LogP) is 7.70. The summed E-state index contributed by atoms with van der Waals surface area (Å²) < 4.78 is 22.1. The first-order valence-corrected chi connectivity index (χ1v) is 18.1. The van der Waals surface area contributed by atoms with Crippen LogP contribution in [0.25, 0.3) is 34.3 Å². The molecule has 1 aliphatic heterocycles. The number of carbonyl (C=O) groups is 1. The molecule has 0 bridgehead atoms. The molecule has 0 saturated carbocycles. The van der Waals surface area contributed by atoms with Crippen molar-refractivity contribution in [3.63, 3.8) is 0 Å². The average molecular weight is 761 g/mol. The third-order valence-corrected chi connectivity index (χ3v) is 10.1. The monoisotopic (exact) mass is 759 g/mol. The molecule has 0 aliphatic carbocycles. The number of methoxy groups -OCH3 is 1. The van der Waals surface area contributed by atoms with Gasteiger partial charge in [-0.3, -0.25) is 9.36 Å². The predicted molar refractivity (Wildman–Crippen MR) is 204 cm³/mol. The second-order valence-electron chi connectivity index (χ2n) is 11.6. The number of fused-ring (bicyclic) bond motifs is 1. The van der Waals surface area contributed by atoms with Crippen LogP contribution in [0.3, 0.4) is 0 Å². The van der Waals surface area contributed by atoms with Crippen LogP contribution in [0.15, 0.2) is 135 Å². The van der Waals surface area contributed by atoms with Crippen molar-refractivity contribution in [3.05, 3.63) is 156 Å². The van der Waals surface area contributed by atoms with Gasteiger partial charge in [-0.15, -0.1) is 0 Å². The van der Waals surface area contributed by atoms with Gasteiger partial charge in [0.2, 0.25) is 0 Å². The molecule has 7 rings (SSSR count). The maximum Gasteiger partial charge on any atom is 0.337 e. The van der Waals surface area contributed by atoms with Crippen LogP contribution in [-0.4, -0.2) is 35.4 Å². The molecule has 256 valence electrons. The number of hydrogen-bond acceptors (Lipinski definition) is 7. The van der Waals surface area contributed by atoms with E-state index in [4.69, 9.17) is 14.2 Å². The second kappa shape index (κ2) is 14.8. The molecule has 2 aromatic heterocycles. The Hall–Kier alpha value is -5.45. The lowest BCUT2D eigenvalue weighted by atomic mass is 9.97. The van der Waals surface area contributed by atoms with Crippen molar-refractivity contribution in [1.82, 2.24) is 9.13 Å². The van der Waals surface area contributed by atoms with Gasteiger partial charge in [0.05, 0.1) is 47.9 Å². The summed E-state index contributed by atoms with van der Waals surface area (Å²) in [6.07, 6.45) is 3.42. The largest absolute Gasteiger partial charge is 0.490 e. The SMILES string of the molecule is CCOc1ccc([C@@H]2C(C(=O)OC)=CN=c3s/c(=C/c4cc(-c5ccccc5)n(-c5ccc(Br)cc5)c4-c4ccccc4)c(=O)n32)cc1OCC. The molecule has 10 heteroatoms. The van der Waals surface area contributed by atoms with Gasteiger partial charge in [0.1, 0.15) is 0 Å². The number of carbonyl (C=O) groups excluding carboxylic acids is 1. The number of halogens is 1. The average Bonchev–Trinajstić information content (AvgIpc) is 3.70. The summed E-state index contributed by atoms with van der Waals surface area (Å²) in [5.41, 5.74) is 6.38. The molecule has 0 unspecified atom stereocenters. The fourth-order valence-electron chi connectivity index (χ4n) is 6.34. The summed E-state index contributed by atoms with van der Waals surface area (Å²) in [5.74, 6) is 0.530. The van der Waals surface area contributed by atoms with Crippen molar-refractivity contribution in [2.24, 2.45) is 4.99 Å². The van der Waals surface area contributed by atoms with Gasteiger partial charge < -0.3 is 18.8 Å². The van der Waals surface area contributed by atoms with Gasteiger partial charge in [-0.25, -0.2) is 9.79 Å². The lowest BCUT2D eigenvalue weighted by molar-refractivity contribution is -0.136. The molecule has 3 heterocycles. The van der Waals surface area contributed by atoms with E-state index < -0.39 is 12.0 Å². The summed E-state index contributed by atoms with van der Waals surface area (Å²) >= 11 is 4.86. The van der Waals surface area contributed by atoms with E-state index in [1.165, 1.54) is 24.6 Å². The summed E-state index contributed by atoms with van der Waals surface area (Å²) in [5, 5.41) is 0. The summed E-state index contributed by atoms with van der Waals surface area (Å²) in [4.78, 5) is 32.8. The van der Waals surface area contributed by atoms with Gasteiger partial charge in [0.15, 0.2) is 16.3 Å². The molecule has 0 spiro atoms. The zero-order valence-corrected chi connectivity index (χ0v) is 30.6. The molecule has 0 saturated heterocycles. The van der Waals surface area contributed by atoms with Crippen LogP contribution >= 0.6 is 27.3 Å². The number of esters is 1. The first-order valence-electron chi connectivity index (χ1n) is 16.5. The highest BCUT2D eigenvalue weighted by Crippen LogP contribution is 2.38. The highest BCUT2D eigenvalue weighted by molar-refractivity contribution is 9.10. The van der Waals surface area contributed by atoms with E-state index in [0.29, 0.717) is 39.6 Å². The van der Waals surface area contributed by atoms with Gasteiger partial charge in [-0.2, -0.15) is 0 Å². The molecule has 4 aromatic carbocycles. The van der Waals surface area contributed by atoms with Crippen molar-refractivity contribution < 1.29 is 19.0 Å². The van der Waals surface area contributed by atoms with Crippen molar-refractivity contribution >= 4 is 39.3 Å². The summed E-state index contributed by atoms with van der Waals surface area (Å²) in [6, 6.07) is 35.3. The van der Waals surface area contributed by atoms with E-state index in [0.717, 1.165) is 38.2 Å². The smallest absolute Gasteiger partial charge is 0.337 e. The second-order valence-corrected chi connectivity index (χ2v) is 13.6. The van der Waals surface area contributed by atoms with Crippen LogP contribution < -0.4 is 24.4 Å². The molecule has 8 nitrogen and oxygen atoms in total. The van der Waals surface area contributed by atoms with Crippen LogP contribution in [0.2, 0.25) is 0 Å². The Morgan fingerprint density at radius 1 is 0.863 bits per heavy atom. The Morgan fingerprint density at radius 3 is 2.20 bits per heavy atom. The molecular weight excluding hydrogens is 726 g/mol. The number of benzene rings is 4. The van der Waals surface area contributed by atoms with Crippen LogP contribution in [0, 0.1) is 0 Å². The topological polar surface area (TPSA) is 84.0 Å². The van der Waals surface area contributed by atoms with Gasteiger partial charge in [0.25, 0.3) is 5.56 Å². The maximum atomic E-state index is 14.6. The zero-order valence-electron chi connectivity index (χ0n) is 28.2. The van der Waals surface area contributed by atoms with E-state index in [-0.39, 0.29) is 11.1 Å². The molecule has 0 radical (unpaired) electrons. The molecule has 1 atom stereocenters. The molecule has 0 amide bonds. The van der Waals surface area contributed by atoms with Crippen molar-refractivity contribution in [3.8, 4) is 39.7 Å². The molecule has 0 fully saturated rings. The van der Waals surface area contributed by atoms with Crippen molar-refractivity contribution in [2.45, 2.75) is 19.9 Å². The van der Waals surface area contributed by atoms with Crippen LogP contribution in [0.1, 0.15) is 31.0 Å². The van der Waals surface area contributed by atoms with Gasteiger partial charge in [0, 0.05) is 21.9 Å². The van der Waals surface area contributed by atoms with Crippen LogP contribution in [0.4, 0.5) is 0 Å². The summed E-state index contributed by atoms with van der Waals surface area (Å²) in [7, 11) is 1.32. The Bertz CT molecular complexity index is 2430. The van der Waals surface area contributed by atoms with Gasteiger partial charge in [-0.05, 0) is 79.1 Å². The minimum absolute atomic E-state index is 0.237. The number of hydrogen-bond donors (Lipinski definition) is 0. The van der Waals surface area contributed by atoms with Gasteiger partial charge >= 0.3 is 5.97 Å². The molecule has 1 aliphatic rings. The van der Waals surface area contributed by atoms with Crippen LogP contribution in [-0.2, 0) is 9.53 Å². The first kappa shape index (κ1) is 34.0. The lowest BCUT2D eigenvalue weighted by Gasteiger charge is -2.23. The van der Waals surface area contributed by atoms with Crippen molar-refractivity contribution in [2.75, 3.05) is 20.3 Å². The molecule has 0 N–H and O–H groups in total. The Morgan fingerprint density at radius 2 is 1.53 bits per heavy atom. The Labute approximate surface area is 307 Å². The third-order valence-electron chi connectivity index (χ3n) is 8.53. The summed E-state index contributed by atoms with van der Waals surface area (Å²) in [6.45, 7) is 4.67. The Balaban J connectivity index is 1.47. The Kier molecular flexibility index (Phi) is 9.87. The van der Waals surface area contributed by atoms with Crippen LogP contribution in [0.5, 0.6) is 11.5 Å². The van der Waals surface area contributed by atoms with E-state index in [9.17, 15) is 9.59 Å². The number of ether oxygens (including phenoxy) is 3. The quantitative estimate of drug-likeness (QED) is 0.134. The number of aromatic nitrogens is 2. The maximum absolute atomic E-state index is 14.6. The third kappa shape index (κ3) is 6.60. The highest BCUT2D eigenvalue weighted by atomic mass is 79.9. The number of thiazole rings is 1. The fourth-order valence-corrected chi connectivity index (χ4v) is 7.56. The van der Waals surface area contributed by atoms with E-state index >= 15 is 0 Å². The van der Waals surface area contributed by atoms with E-state index in [2.05, 4.69) is 68.0 Å². The fraction of sp³-hybridized carbons (Fsp3) is 0.146. The standard InChI is InChI=1S/C41H34BrN3O5S/c1-4-49-34-21-16-28(23-35(34)50-5-2)38-32(40(47)48-3)25-43-41-45(38)39(46)36(51-41)24-29-22-33(26-12-8-6-9-13-26)44(31-19-17-30(42)18-20-31)37(29)27-14-10-7-11-15-27/h6-25,38H,4-5H2,1-3H3/b36-24+/t38-/m1/s1. The normalized spacial score (nSPS) is 14.0. The first-order chi connectivity index (χ1) is 24.9. The minimum Gasteiger partial charge on any atom is -0.490 e. The minimum atomic E-state index is -0.799. The molecule has 6 aromatic rings. The zero-order chi connectivity index (χ0) is 35.5. The lowest BCUT2D eigenvalue weighted by Crippen LogP contribution is -2.39. The number of nitrogens with zero attached hydrogens (tertiary/aromatic N) is 3. The molecule has 51 heavy (non-hydrogen) atoms. The van der Waals surface area contributed by atoms with Crippen molar-refractivity contribution in [1.29, 1.82) is 0 Å². The van der Waals surface area contributed by atoms with E-state index in [1.54, 1.807) is 10.6 Å². The number of rotatable bonds is 10. The highest BCUT2D eigenvalue weighted by Gasteiger charge is 2.32. The van der Waals surface area contributed by atoms with Gasteiger partial charge in [-0.1, -0.05) is 94.0 Å². The molecular formula is C41H34BrN3O5S.